The Kier molecular flexibility index (Phi) is 4.27. The van der Waals surface area contributed by atoms with E-state index in [0.29, 0.717) is 17.6 Å². The van der Waals surface area contributed by atoms with Gasteiger partial charge in [-0.2, -0.15) is 0 Å². The maximum atomic E-state index is 12.3. The van der Waals surface area contributed by atoms with E-state index >= 15 is 0 Å². The van der Waals surface area contributed by atoms with E-state index in [-0.39, 0.29) is 11.6 Å². The van der Waals surface area contributed by atoms with Crippen LogP contribution in [-0.2, 0) is 0 Å². The van der Waals surface area contributed by atoms with Crippen molar-refractivity contribution in [1.29, 1.82) is 0 Å². The van der Waals surface area contributed by atoms with Crippen LogP contribution in [0.2, 0.25) is 0 Å². The molecule has 1 aromatic rings. The lowest BCUT2D eigenvalue weighted by Gasteiger charge is -2.18. The van der Waals surface area contributed by atoms with Crippen molar-refractivity contribution in [2.24, 2.45) is 5.92 Å². The minimum Gasteiger partial charge on any atom is -0.352 e. The van der Waals surface area contributed by atoms with Crippen LogP contribution in [0.5, 0.6) is 0 Å². The zero-order valence-corrected chi connectivity index (χ0v) is 11.7. The van der Waals surface area contributed by atoms with E-state index in [1.54, 1.807) is 17.0 Å². The van der Waals surface area contributed by atoms with Crippen LogP contribution < -0.4 is 10.5 Å². The summed E-state index contributed by atoms with van der Waals surface area (Å²) in [5.74, 6) is 1.87. The van der Waals surface area contributed by atoms with Gasteiger partial charge >= 0.3 is 0 Å². The van der Waals surface area contributed by atoms with Gasteiger partial charge in [0.25, 0.3) is 5.56 Å². The van der Waals surface area contributed by atoms with Gasteiger partial charge in [-0.05, 0) is 32.6 Å². The summed E-state index contributed by atoms with van der Waals surface area (Å²) in [5, 5.41) is 0. The lowest BCUT2D eigenvalue weighted by Crippen LogP contribution is -2.32. The Bertz CT molecular complexity index is 458. The molecule has 1 unspecified atom stereocenters. The summed E-state index contributed by atoms with van der Waals surface area (Å²) in [6.07, 6.45) is 5.59. The molecule has 4 nitrogen and oxygen atoms in total. The maximum Gasteiger partial charge on any atom is 0.293 e. The summed E-state index contributed by atoms with van der Waals surface area (Å²) in [6.45, 7) is 5.82. The minimum atomic E-state index is 0.0130. The van der Waals surface area contributed by atoms with Crippen LogP contribution in [0.4, 0.5) is 5.82 Å². The highest BCUT2D eigenvalue weighted by Crippen LogP contribution is 2.22. The number of nitrogens with zero attached hydrogens (tertiary/aromatic N) is 3. The first-order valence-electron chi connectivity index (χ1n) is 6.51. The molecule has 100 valence electrons. The molecule has 2 rings (SSSR count). The molecule has 2 heterocycles. The Morgan fingerprint density at radius 3 is 3.00 bits per heavy atom. The third-order valence-electron chi connectivity index (χ3n) is 3.51. The van der Waals surface area contributed by atoms with Gasteiger partial charge in [0.2, 0.25) is 0 Å². The molecule has 1 aromatic heterocycles. The normalized spacial score (nSPS) is 19.8. The Hall–Kier alpha value is -1.03. The van der Waals surface area contributed by atoms with E-state index in [9.17, 15) is 4.79 Å². The van der Waals surface area contributed by atoms with Gasteiger partial charge in [0.1, 0.15) is 0 Å². The Labute approximate surface area is 113 Å². The van der Waals surface area contributed by atoms with Crippen LogP contribution in [0.1, 0.15) is 32.7 Å². The number of halogens is 1. The first kappa shape index (κ1) is 13.4. The van der Waals surface area contributed by atoms with Crippen molar-refractivity contribution in [1.82, 2.24) is 9.55 Å². The number of rotatable bonds is 4. The predicted molar refractivity (Wildman–Crippen MR) is 74.5 cm³/mol. The van der Waals surface area contributed by atoms with Crippen molar-refractivity contribution in [3.63, 3.8) is 0 Å². The van der Waals surface area contributed by atoms with E-state index in [2.05, 4.69) is 9.88 Å². The topological polar surface area (TPSA) is 38.1 Å². The van der Waals surface area contributed by atoms with Gasteiger partial charge < -0.3 is 9.47 Å². The maximum absolute atomic E-state index is 12.3. The van der Waals surface area contributed by atoms with E-state index < -0.39 is 0 Å². The Balaban J connectivity index is 2.20. The largest absolute Gasteiger partial charge is 0.352 e. The second-order valence-corrected chi connectivity index (χ2v) is 5.51. The van der Waals surface area contributed by atoms with Crippen molar-refractivity contribution >= 4 is 17.4 Å². The summed E-state index contributed by atoms with van der Waals surface area (Å²) in [6, 6.07) is 0.167. The second-order valence-electron chi connectivity index (χ2n) is 5.14. The van der Waals surface area contributed by atoms with Gasteiger partial charge in [-0.3, -0.25) is 4.79 Å². The Morgan fingerprint density at radius 2 is 2.33 bits per heavy atom. The molecule has 0 aromatic carbocycles. The van der Waals surface area contributed by atoms with Gasteiger partial charge in [0.05, 0.1) is 0 Å². The first-order chi connectivity index (χ1) is 8.63. The van der Waals surface area contributed by atoms with E-state index in [4.69, 9.17) is 11.6 Å². The molecule has 1 saturated heterocycles. The summed E-state index contributed by atoms with van der Waals surface area (Å²) in [4.78, 5) is 18.6. The minimum absolute atomic E-state index is 0.0130. The highest BCUT2D eigenvalue weighted by atomic mass is 35.5. The molecule has 0 aliphatic carbocycles. The van der Waals surface area contributed by atoms with Crippen LogP contribution in [0, 0.1) is 5.92 Å². The van der Waals surface area contributed by atoms with Crippen LogP contribution in [0.25, 0.3) is 0 Å². The van der Waals surface area contributed by atoms with E-state index in [0.717, 1.165) is 25.9 Å². The van der Waals surface area contributed by atoms with Gasteiger partial charge in [-0.15, -0.1) is 11.6 Å². The van der Waals surface area contributed by atoms with Crippen molar-refractivity contribution in [3.05, 3.63) is 22.7 Å². The SMILES string of the molecule is CC(C)n1ccnc(N2CCC(CCCl)C2)c1=O. The number of alkyl halides is 1. The number of aromatic nitrogens is 2. The molecule has 0 N–H and O–H groups in total. The predicted octanol–water partition coefficient (Wildman–Crippen LogP) is 2.28. The molecule has 1 aliphatic rings. The quantitative estimate of drug-likeness (QED) is 0.787. The molecule has 0 bridgehead atoms. The van der Waals surface area contributed by atoms with Gasteiger partial charge in [0, 0.05) is 37.4 Å². The second kappa shape index (κ2) is 5.74. The summed E-state index contributed by atoms with van der Waals surface area (Å²) in [7, 11) is 0. The molecule has 1 atom stereocenters. The van der Waals surface area contributed by atoms with Gasteiger partial charge in [-0.1, -0.05) is 0 Å². The average molecular weight is 270 g/mol. The zero-order chi connectivity index (χ0) is 13.1. The molecule has 18 heavy (non-hydrogen) atoms. The fourth-order valence-corrected chi connectivity index (χ4v) is 2.76. The molecule has 1 fully saturated rings. The third-order valence-corrected chi connectivity index (χ3v) is 3.73. The van der Waals surface area contributed by atoms with Crippen LogP contribution in [0.15, 0.2) is 17.2 Å². The summed E-state index contributed by atoms with van der Waals surface area (Å²) in [5.41, 5.74) is 0.0130. The zero-order valence-electron chi connectivity index (χ0n) is 11.0. The third kappa shape index (κ3) is 2.69. The lowest BCUT2D eigenvalue weighted by atomic mass is 10.1. The molecule has 5 heteroatoms. The average Bonchev–Trinajstić information content (AvgIpc) is 2.78. The van der Waals surface area contributed by atoms with Crippen molar-refractivity contribution < 1.29 is 0 Å². The molecule has 0 spiro atoms. The van der Waals surface area contributed by atoms with Crippen LogP contribution >= 0.6 is 11.6 Å². The lowest BCUT2D eigenvalue weighted by molar-refractivity contribution is 0.564. The highest BCUT2D eigenvalue weighted by Gasteiger charge is 2.25. The smallest absolute Gasteiger partial charge is 0.293 e. The molecular formula is C13H20ClN3O. The van der Waals surface area contributed by atoms with Gasteiger partial charge in [-0.25, -0.2) is 4.98 Å². The monoisotopic (exact) mass is 269 g/mol. The summed E-state index contributed by atoms with van der Waals surface area (Å²) < 4.78 is 1.73. The number of anilines is 1. The molecule has 0 radical (unpaired) electrons. The van der Waals surface area contributed by atoms with Gasteiger partial charge in [0.15, 0.2) is 5.82 Å². The molecular weight excluding hydrogens is 250 g/mol. The van der Waals surface area contributed by atoms with E-state index in [1.807, 2.05) is 13.8 Å². The molecule has 1 aliphatic heterocycles. The Morgan fingerprint density at radius 1 is 1.56 bits per heavy atom. The van der Waals surface area contributed by atoms with Crippen LogP contribution in [0.3, 0.4) is 0 Å². The highest BCUT2D eigenvalue weighted by molar-refractivity contribution is 6.17. The number of hydrogen-bond acceptors (Lipinski definition) is 3. The molecule has 0 amide bonds. The molecule has 0 saturated carbocycles. The summed E-state index contributed by atoms with van der Waals surface area (Å²) >= 11 is 5.77. The van der Waals surface area contributed by atoms with E-state index in [1.165, 1.54) is 0 Å². The van der Waals surface area contributed by atoms with Crippen molar-refractivity contribution in [2.75, 3.05) is 23.9 Å². The standard InChI is InChI=1S/C13H20ClN3O/c1-10(2)17-8-6-15-12(13(17)18)16-7-4-11(9-16)3-5-14/h6,8,10-11H,3-5,7,9H2,1-2H3. The van der Waals surface area contributed by atoms with Crippen molar-refractivity contribution in [3.8, 4) is 0 Å². The fraction of sp³-hybridized carbons (Fsp3) is 0.692. The van der Waals surface area contributed by atoms with Crippen molar-refractivity contribution in [2.45, 2.75) is 32.7 Å². The first-order valence-corrected chi connectivity index (χ1v) is 7.05. The fourth-order valence-electron chi connectivity index (χ4n) is 2.45. The van der Waals surface area contributed by atoms with Crippen LogP contribution in [-0.4, -0.2) is 28.5 Å². The number of hydrogen-bond donors (Lipinski definition) is 0.